The van der Waals surface area contributed by atoms with Gasteiger partial charge in [-0.05, 0) is 65.6 Å². The van der Waals surface area contributed by atoms with Crippen molar-refractivity contribution >= 4 is 17.9 Å². The molecule has 4 aromatic rings. The summed E-state index contributed by atoms with van der Waals surface area (Å²) in [5.74, 6) is 0.892. The lowest BCUT2D eigenvalue weighted by Gasteiger charge is -2.08. The van der Waals surface area contributed by atoms with E-state index in [-0.39, 0.29) is 17.3 Å². The topological polar surface area (TPSA) is 156 Å². The van der Waals surface area contributed by atoms with Gasteiger partial charge >= 0.3 is 0 Å². The minimum absolute atomic E-state index is 0.00140. The third-order valence-corrected chi connectivity index (χ3v) is 4.73. The van der Waals surface area contributed by atoms with Gasteiger partial charge in [0.15, 0.2) is 5.69 Å². The second kappa shape index (κ2) is 10.9. The zero-order valence-electron chi connectivity index (χ0n) is 19.2. The number of nitrogens with one attached hydrogen (secondary N) is 1. The molecular weight excluding hydrogens is 452 g/mol. The van der Waals surface area contributed by atoms with E-state index in [2.05, 4.69) is 31.2 Å². The maximum atomic E-state index is 13.0. The number of ether oxygens (including phenoxy) is 2. The average molecular weight is 476 g/mol. The van der Waals surface area contributed by atoms with Gasteiger partial charge in [0.1, 0.15) is 17.2 Å². The second-order valence-electron chi connectivity index (χ2n) is 7.25. The lowest BCUT2D eigenvalue weighted by molar-refractivity contribution is 0.0950. The number of aromatic nitrogens is 5. The highest BCUT2D eigenvalue weighted by molar-refractivity contribution is 5.99. The Morgan fingerprint density at radius 1 is 1.14 bits per heavy atom. The van der Waals surface area contributed by atoms with Gasteiger partial charge < -0.3 is 15.2 Å². The van der Waals surface area contributed by atoms with Gasteiger partial charge in [-0.1, -0.05) is 24.3 Å². The summed E-state index contributed by atoms with van der Waals surface area (Å²) in [7, 11) is 0. The predicted octanol–water partition coefficient (Wildman–Crippen LogP) is 2.85. The Morgan fingerprint density at radius 2 is 1.97 bits per heavy atom. The Labute approximate surface area is 200 Å². The molecule has 12 heteroatoms. The molecule has 0 atom stereocenters. The summed E-state index contributed by atoms with van der Waals surface area (Å²) in [5, 5.41) is 19.5. The van der Waals surface area contributed by atoms with Crippen LogP contribution in [0.25, 0.3) is 17.1 Å². The minimum Gasteiger partial charge on any atom is -0.494 e. The van der Waals surface area contributed by atoms with E-state index >= 15 is 0 Å². The van der Waals surface area contributed by atoms with Gasteiger partial charge in [0.25, 0.3) is 5.91 Å². The molecule has 2 aromatic heterocycles. The Bertz CT molecular complexity index is 1310. The first-order valence-corrected chi connectivity index (χ1v) is 10.9. The molecule has 35 heavy (non-hydrogen) atoms. The summed E-state index contributed by atoms with van der Waals surface area (Å²) < 4.78 is 17.1. The maximum absolute atomic E-state index is 13.0. The number of rotatable bonds is 10. The van der Waals surface area contributed by atoms with E-state index in [0.717, 1.165) is 17.7 Å². The first-order chi connectivity index (χ1) is 17.1. The Balaban J connectivity index is 1.60. The van der Waals surface area contributed by atoms with Crippen LogP contribution in [-0.4, -0.2) is 50.6 Å². The molecule has 0 bridgehead atoms. The van der Waals surface area contributed by atoms with Crippen molar-refractivity contribution in [2.24, 2.45) is 5.10 Å². The fraction of sp³-hybridized carbons (Fsp3) is 0.217. The lowest BCUT2D eigenvalue weighted by Crippen LogP contribution is -2.19. The molecular formula is C23H24N8O4. The van der Waals surface area contributed by atoms with E-state index in [0.29, 0.717) is 30.2 Å². The zero-order valence-corrected chi connectivity index (χ0v) is 19.2. The number of nitrogen functional groups attached to an aromatic ring is 1. The molecule has 0 unspecified atom stereocenters. The van der Waals surface area contributed by atoms with E-state index in [1.165, 1.54) is 10.9 Å². The molecule has 12 nitrogen and oxygen atoms in total. The number of carbonyl (C=O) groups is 1. The van der Waals surface area contributed by atoms with Gasteiger partial charge in [-0.15, -0.1) is 5.10 Å². The van der Waals surface area contributed by atoms with Crippen LogP contribution in [0.5, 0.6) is 11.5 Å². The van der Waals surface area contributed by atoms with Gasteiger partial charge in [0, 0.05) is 5.56 Å². The van der Waals surface area contributed by atoms with E-state index in [1.807, 2.05) is 38.1 Å². The molecule has 0 saturated heterocycles. The summed E-state index contributed by atoms with van der Waals surface area (Å²) >= 11 is 0. The van der Waals surface area contributed by atoms with Crippen LogP contribution in [0.15, 0.2) is 58.3 Å². The van der Waals surface area contributed by atoms with Gasteiger partial charge in [-0.25, -0.2) is 10.1 Å². The monoisotopic (exact) mass is 476 g/mol. The van der Waals surface area contributed by atoms with Crippen LogP contribution in [0, 0.1) is 0 Å². The third-order valence-electron chi connectivity index (χ3n) is 4.73. The van der Waals surface area contributed by atoms with E-state index in [1.54, 1.807) is 24.3 Å². The van der Waals surface area contributed by atoms with Crippen LogP contribution in [-0.2, 0) is 0 Å². The van der Waals surface area contributed by atoms with Crippen molar-refractivity contribution in [3.63, 3.8) is 0 Å². The first-order valence-electron chi connectivity index (χ1n) is 10.9. The van der Waals surface area contributed by atoms with E-state index < -0.39 is 5.91 Å². The van der Waals surface area contributed by atoms with Crippen LogP contribution in [0.1, 0.15) is 36.3 Å². The second-order valence-corrected chi connectivity index (χ2v) is 7.25. The molecule has 0 aliphatic carbocycles. The van der Waals surface area contributed by atoms with Crippen LogP contribution in [0.4, 0.5) is 5.82 Å². The summed E-state index contributed by atoms with van der Waals surface area (Å²) in [6, 6.07) is 14.5. The normalized spacial score (nSPS) is 11.0. The number of hydrazone groups is 1. The molecule has 0 saturated carbocycles. The van der Waals surface area contributed by atoms with Gasteiger partial charge in [0.05, 0.1) is 19.4 Å². The molecule has 3 N–H and O–H groups in total. The lowest BCUT2D eigenvalue weighted by atomic mass is 10.1. The number of hydrogen-bond donors (Lipinski definition) is 2. The highest BCUT2D eigenvalue weighted by Crippen LogP contribution is 2.29. The highest BCUT2D eigenvalue weighted by atomic mass is 16.6. The smallest absolute Gasteiger partial charge is 0.294 e. The molecule has 180 valence electrons. The van der Waals surface area contributed by atoms with Crippen molar-refractivity contribution < 1.29 is 18.9 Å². The SMILES string of the molecule is CCCOc1ccc(/C=N\NC(=O)c2nnn(-c3nonc3N)c2-c2cccc(OCC)c2)cc1. The summed E-state index contributed by atoms with van der Waals surface area (Å²) in [5.41, 5.74) is 10.0. The van der Waals surface area contributed by atoms with Crippen LogP contribution < -0.4 is 20.6 Å². The Hall–Kier alpha value is -4.74. The number of nitrogens with two attached hydrogens (primary N) is 1. The predicted molar refractivity (Wildman–Crippen MR) is 128 cm³/mol. The summed E-state index contributed by atoms with van der Waals surface area (Å²) in [6.07, 6.45) is 2.44. The fourth-order valence-electron chi connectivity index (χ4n) is 3.17. The number of anilines is 1. The molecule has 2 heterocycles. The standard InChI is InChI=1S/C23H24N8O4/c1-3-12-34-17-10-8-15(9-11-17)14-25-27-23(32)19-20(16-6-5-7-18(13-16)33-4-2)31(30-26-19)22-21(24)28-35-29-22/h5-11,13-14H,3-4,12H2,1-2H3,(H2,24,28)(H,27,32)/b25-14-. The van der Waals surface area contributed by atoms with Crippen LogP contribution >= 0.6 is 0 Å². The van der Waals surface area contributed by atoms with Gasteiger partial charge in [-0.2, -0.15) is 9.78 Å². The molecule has 1 amide bonds. The van der Waals surface area contributed by atoms with Crippen molar-refractivity contribution in [1.82, 2.24) is 30.7 Å². The maximum Gasteiger partial charge on any atom is 0.294 e. The summed E-state index contributed by atoms with van der Waals surface area (Å²) in [6.45, 7) is 5.05. The van der Waals surface area contributed by atoms with Crippen LogP contribution in [0.2, 0.25) is 0 Å². The minimum atomic E-state index is -0.581. The molecule has 0 aliphatic rings. The van der Waals surface area contributed by atoms with Gasteiger partial charge in [-0.3, -0.25) is 4.79 Å². The fourth-order valence-corrected chi connectivity index (χ4v) is 3.17. The quantitative estimate of drug-likeness (QED) is 0.259. The number of hydrogen-bond acceptors (Lipinski definition) is 10. The molecule has 0 spiro atoms. The summed E-state index contributed by atoms with van der Waals surface area (Å²) in [4.78, 5) is 13.0. The average Bonchev–Trinajstić information content (AvgIpc) is 3.50. The number of carbonyl (C=O) groups excluding carboxylic acids is 1. The van der Waals surface area contributed by atoms with Crippen molar-refractivity contribution in [1.29, 1.82) is 0 Å². The van der Waals surface area contributed by atoms with Crippen molar-refractivity contribution in [3.8, 4) is 28.6 Å². The van der Waals surface area contributed by atoms with Crippen LogP contribution in [0.3, 0.4) is 0 Å². The molecule has 0 fully saturated rings. The Kier molecular flexibility index (Phi) is 7.31. The largest absolute Gasteiger partial charge is 0.494 e. The Morgan fingerprint density at radius 3 is 2.69 bits per heavy atom. The third kappa shape index (κ3) is 5.43. The van der Waals surface area contributed by atoms with Gasteiger partial charge in [0.2, 0.25) is 11.6 Å². The first kappa shape index (κ1) is 23.4. The number of benzene rings is 2. The van der Waals surface area contributed by atoms with Crippen molar-refractivity contribution in [2.45, 2.75) is 20.3 Å². The van der Waals surface area contributed by atoms with Crippen molar-refractivity contribution in [3.05, 3.63) is 59.8 Å². The van der Waals surface area contributed by atoms with E-state index in [4.69, 9.17) is 19.8 Å². The number of amides is 1. The van der Waals surface area contributed by atoms with E-state index in [9.17, 15) is 4.79 Å². The van der Waals surface area contributed by atoms with Crippen molar-refractivity contribution in [2.75, 3.05) is 18.9 Å². The molecule has 4 rings (SSSR count). The number of nitrogens with zero attached hydrogens (tertiary/aromatic N) is 6. The highest BCUT2D eigenvalue weighted by Gasteiger charge is 2.25. The zero-order chi connectivity index (χ0) is 24.6. The molecule has 2 aromatic carbocycles. The molecule has 0 radical (unpaired) electrons. The molecule has 0 aliphatic heterocycles.